The van der Waals surface area contributed by atoms with Crippen molar-refractivity contribution in [2.45, 2.75) is 43.5 Å². The Kier molecular flexibility index (Phi) is 2.72. The standard InChI is InChI=1S/C13H19NS/c1-9-8-13(2,3)14-12-10(9)6-5-7-11(12)15-4/h5-7,9,14H,8H2,1-4H3. The first kappa shape index (κ1) is 10.9. The smallest absolute Gasteiger partial charge is 0.0517 e. The van der Waals surface area contributed by atoms with Gasteiger partial charge in [0.05, 0.1) is 5.69 Å². The Morgan fingerprint density at radius 1 is 1.40 bits per heavy atom. The fourth-order valence-electron chi connectivity index (χ4n) is 2.53. The van der Waals surface area contributed by atoms with Gasteiger partial charge in [0.25, 0.3) is 0 Å². The van der Waals surface area contributed by atoms with Gasteiger partial charge < -0.3 is 5.32 Å². The Morgan fingerprint density at radius 3 is 2.80 bits per heavy atom. The molecule has 0 fully saturated rings. The highest BCUT2D eigenvalue weighted by Gasteiger charge is 2.30. The molecular formula is C13H19NS. The Morgan fingerprint density at radius 2 is 2.13 bits per heavy atom. The van der Waals surface area contributed by atoms with Crippen LogP contribution in [0.25, 0.3) is 0 Å². The van der Waals surface area contributed by atoms with E-state index in [2.05, 4.69) is 50.5 Å². The van der Waals surface area contributed by atoms with Crippen LogP contribution in [0.1, 0.15) is 38.7 Å². The van der Waals surface area contributed by atoms with Gasteiger partial charge in [-0.15, -0.1) is 11.8 Å². The molecule has 1 N–H and O–H groups in total. The minimum Gasteiger partial charge on any atom is -0.379 e. The summed E-state index contributed by atoms with van der Waals surface area (Å²) in [7, 11) is 0. The Labute approximate surface area is 96.7 Å². The van der Waals surface area contributed by atoms with E-state index in [1.54, 1.807) is 0 Å². The number of benzene rings is 1. The predicted octanol–water partition coefficient (Wildman–Crippen LogP) is 4.11. The van der Waals surface area contributed by atoms with E-state index in [0.29, 0.717) is 5.92 Å². The highest BCUT2D eigenvalue weighted by atomic mass is 32.2. The van der Waals surface area contributed by atoms with Crippen molar-refractivity contribution in [3.8, 4) is 0 Å². The maximum atomic E-state index is 3.67. The van der Waals surface area contributed by atoms with Crippen LogP contribution in [-0.4, -0.2) is 11.8 Å². The molecule has 82 valence electrons. The zero-order valence-electron chi connectivity index (χ0n) is 9.92. The van der Waals surface area contributed by atoms with Crippen LogP contribution < -0.4 is 5.32 Å². The molecular weight excluding hydrogens is 202 g/mol. The average molecular weight is 221 g/mol. The van der Waals surface area contributed by atoms with Gasteiger partial charge in [-0.3, -0.25) is 0 Å². The van der Waals surface area contributed by atoms with Gasteiger partial charge in [-0.1, -0.05) is 19.1 Å². The van der Waals surface area contributed by atoms with E-state index in [-0.39, 0.29) is 5.54 Å². The van der Waals surface area contributed by atoms with Gasteiger partial charge in [-0.25, -0.2) is 0 Å². The van der Waals surface area contributed by atoms with E-state index in [1.807, 2.05) is 11.8 Å². The van der Waals surface area contributed by atoms with Gasteiger partial charge in [0.1, 0.15) is 0 Å². The third-order valence-corrected chi connectivity index (χ3v) is 3.87. The van der Waals surface area contributed by atoms with E-state index in [1.165, 1.54) is 22.6 Å². The molecule has 1 atom stereocenters. The lowest BCUT2D eigenvalue weighted by Gasteiger charge is -2.38. The molecule has 1 aromatic carbocycles. The minimum absolute atomic E-state index is 0.220. The molecule has 15 heavy (non-hydrogen) atoms. The molecule has 0 aromatic heterocycles. The number of nitrogens with one attached hydrogen (secondary N) is 1. The molecule has 0 aliphatic carbocycles. The van der Waals surface area contributed by atoms with Gasteiger partial charge in [0, 0.05) is 10.4 Å². The number of para-hydroxylation sites is 1. The highest BCUT2D eigenvalue weighted by molar-refractivity contribution is 7.98. The normalized spacial score (nSPS) is 23.1. The molecule has 0 spiro atoms. The van der Waals surface area contributed by atoms with Crippen molar-refractivity contribution in [3.63, 3.8) is 0 Å². The van der Waals surface area contributed by atoms with Crippen LogP contribution in [0.15, 0.2) is 23.1 Å². The van der Waals surface area contributed by atoms with Crippen molar-refractivity contribution in [2.24, 2.45) is 0 Å². The van der Waals surface area contributed by atoms with Gasteiger partial charge in [-0.2, -0.15) is 0 Å². The first-order valence-electron chi connectivity index (χ1n) is 5.48. The van der Waals surface area contributed by atoms with Crippen LogP contribution in [0.3, 0.4) is 0 Å². The Hall–Kier alpha value is -0.630. The number of rotatable bonds is 1. The van der Waals surface area contributed by atoms with Crippen molar-refractivity contribution in [3.05, 3.63) is 23.8 Å². The molecule has 0 bridgehead atoms. The number of anilines is 1. The molecule has 1 heterocycles. The second kappa shape index (κ2) is 3.75. The van der Waals surface area contributed by atoms with Crippen LogP contribution in [0.2, 0.25) is 0 Å². The van der Waals surface area contributed by atoms with Crippen molar-refractivity contribution >= 4 is 17.4 Å². The van der Waals surface area contributed by atoms with Gasteiger partial charge in [-0.05, 0) is 44.1 Å². The Balaban J connectivity index is 2.50. The molecule has 0 radical (unpaired) electrons. The van der Waals surface area contributed by atoms with Crippen LogP contribution in [0, 0.1) is 0 Å². The van der Waals surface area contributed by atoms with E-state index >= 15 is 0 Å². The van der Waals surface area contributed by atoms with Crippen LogP contribution in [0.4, 0.5) is 5.69 Å². The molecule has 1 aliphatic rings. The fraction of sp³-hybridized carbons (Fsp3) is 0.538. The SMILES string of the molecule is CSc1cccc2c1NC(C)(C)CC2C. The van der Waals surface area contributed by atoms with Gasteiger partial charge in [0.15, 0.2) is 0 Å². The number of thioether (sulfide) groups is 1. The summed E-state index contributed by atoms with van der Waals surface area (Å²) in [5.74, 6) is 0.656. The van der Waals surface area contributed by atoms with Crippen molar-refractivity contribution in [2.75, 3.05) is 11.6 Å². The van der Waals surface area contributed by atoms with Gasteiger partial charge in [0.2, 0.25) is 0 Å². The molecule has 1 aliphatic heterocycles. The summed E-state index contributed by atoms with van der Waals surface area (Å²) < 4.78 is 0. The van der Waals surface area contributed by atoms with Crippen molar-refractivity contribution in [1.82, 2.24) is 0 Å². The Bertz CT molecular complexity index is 371. The molecule has 1 aromatic rings. The summed E-state index contributed by atoms with van der Waals surface area (Å²) in [6.45, 7) is 6.89. The molecule has 2 rings (SSSR count). The third kappa shape index (κ3) is 2.00. The topological polar surface area (TPSA) is 12.0 Å². The first-order valence-corrected chi connectivity index (χ1v) is 6.71. The molecule has 1 unspecified atom stereocenters. The highest BCUT2D eigenvalue weighted by Crippen LogP contribution is 2.42. The van der Waals surface area contributed by atoms with E-state index in [0.717, 1.165) is 0 Å². The zero-order chi connectivity index (χ0) is 11.1. The molecule has 0 saturated carbocycles. The fourth-order valence-corrected chi connectivity index (χ4v) is 3.12. The lowest BCUT2D eigenvalue weighted by Crippen LogP contribution is -2.36. The lowest BCUT2D eigenvalue weighted by molar-refractivity contribution is 0.452. The van der Waals surface area contributed by atoms with Crippen LogP contribution in [0.5, 0.6) is 0 Å². The second-order valence-corrected chi connectivity index (χ2v) is 5.89. The quantitative estimate of drug-likeness (QED) is 0.716. The third-order valence-electron chi connectivity index (χ3n) is 3.09. The maximum Gasteiger partial charge on any atom is 0.0517 e. The summed E-state index contributed by atoms with van der Waals surface area (Å²) in [6.07, 6.45) is 3.35. The molecule has 0 amide bonds. The summed E-state index contributed by atoms with van der Waals surface area (Å²) >= 11 is 1.82. The summed E-state index contributed by atoms with van der Waals surface area (Å²) in [6, 6.07) is 6.62. The average Bonchev–Trinajstić information content (AvgIpc) is 2.15. The van der Waals surface area contributed by atoms with Gasteiger partial charge >= 0.3 is 0 Å². The molecule has 2 heteroatoms. The largest absolute Gasteiger partial charge is 0.379 e. The second-order valence-electron chi connectivity index (χ2n) is 5.04. The monoisotopic (exact) mass is 221 g/mol. The van der Waals surface area contributed by atoms with E-state index < -0.39 is 0 Å². The van der Waals surface area contributed by atoms with Crippen LogP contribution >= 0.6 is 11.8 Å². The van der Waals surface area contributed by atoms with Crippen LogP contribution in [-0.2, 0) is 0 Å². The predicted molar refractivity (Wildman–Crippen MR) is 69.0 cm³/mol. The number of fused-ring (bicyclic) bond motifs is 1. The lowest BCUT2D eigenvalue weighted by atomic mass is 9.82. The van der Waals surface area contributed by atoms with Crippen molar-refractivity contribution in [1.29, 1.82) is 0 Å². The molecule has 1 nitrogen and oxygen atoms in total. The summed E-state index contributed by atoms with van der Waals surface area (Å²) in [4.78, 5) is 1.37. The van der Waals surface area contributed by atoms with E-state index in [9.17, 15) is 0 Å². The maximum absolute atomic E-state index is 3.67. The summed E-state index contributed by atoms with van der Waals surface area (Å²) in [5.41, 5.74) is 3.05. The molecule has 0 saturated heterocycles. The summed E-state index contributed by atoms with van der Waals surface area (Å²) in [5, 5.41) is 3.67. The van der Waals surface area contributed by atoms with Crippen molar-refractivity contribution < 1.29 is 0 Å². The minimum atomic E-state index is 0.220. The first-order chi connectivity index (χ1) is 7.03. The number of hydrogen-bond acceptors (Lipinski definition) is 2. The zero-order valence-corrected chi connectivity index (χ0v) is 10.7. The van der Waals surface area contributed by atoms with E-state index in [4.69, 9.17) is 0 Å². The number of hydrogen-bond donors (Lipinski definition) is 1.